The third-order valence-electron chi connectivity index (χ3n) is 4.56. The molecule has 0 saturated carbocycles. The van der Waals surface area contributed by atoms with Crippen molar-refractivity contribution in [2.45, 2.75) is 19.4 Å². The van der Waals surface area contributed by atoms with Crippen LogP contribution in [0.3, 0.4) is 0 Å². The van der Waals surface area contributed by atoms with Gasteiger partial charge in [0, 0.05) is 0 Å². The Bertz CT molecular complexity index is 1120. The van der Waals surface area contributed by atoms with Crippen LogP contribution in [0.5, 0.6) is 5.75 Å². The first-order chi connectivity index (χ1) is 13.9. The topological polar surface area (TPSA) is 58.1 Å². The summed E-state index contributed by atoms with van der Waals surface area (Å²) in [6.45, 7) is 0.113. The van der Waals surface area contributed by atoms with E-state index in [0.717, 1.165) is 39.9 Å². The number of imidazole rings is 1. The molecule has 0 radical (unpaired) electrons. The molecule has 4 aromatic rings. The van der Waals surface area contributed by atoms with E-state index in [0.29, 0.717) is 11.6 Å². The zero-order valence-corrected chi connectivity index (χ0v) is 15.2. The Morgan fingerprint density at radius 2 is 1.59 bits per heavy atom. The molecule has 0 saturated heterocycles. The van der Waals surface area contributed by atoms with Crippen LogP contribution in [0.15, 0.2) is 66.7 Å². The maximum atomic E-state index is 12.6. The molecule has 3 aromatic carbocycles. The SMILES string of the molecule is OCc1ccc(-c2ccc3[nH]c(COc4ccc(C(F)(F)F)cc4)nc3c2)cc1. The van der Waals surface area contributed by atoms with Crippen molar-refractivity contribution < 1.29 is 23.0 Å². The van der Waals surface area contributed by atoms with Crippen LogP contribution in [-0.4, -0.2) is 15.1 Å². The molecule has 0 fully saturated rings. The zero-order chi connectivity index (χ0) is 20.4. The number of benzene rings is 3. The fourth-order valence-electron chi connectivity index (χ4n) is 3.00. The van der Waals surface area contributed by atoms with Gasteiger partial charge >= 0.3 is 6.18 Å². The summed E-state index contributed by atoms with van der Waals surface area (Å²) in [4.78, 5) is 7.65. The number of nitrogens with zero attached hydrogens (tertiary/aromatic N) is 1. The molecule has 1 heterocycles. The summed E-state index contributed by atoms with van der Waals surface area (Å²) in [6.07, 6.45) is -4.37. The molecular formula is C22H17F3N2O2. The maximum Gasteiger partial charge on any atom is 0.416 e. The van der Waals surface area contributed by atoms with Crippen molar-refractivity contribution in [3.05, 3.63) is 83.7 Å². The van der Waals surface area contributed by atoms with Gasteiger partial charge < -0.3 is 14.8 Å². The van der Waals surface area contributed by atoms with Gasteiger partial charge in [-0.05, 0) is 53.1 Å². The van der Waals surface area contributed by atoms with Crippen molar-refractivity contribution in [3.63, 3.8) is 0 Å². The minimum Gasteiger partial charge on any atom is -0.486 e. The first kappa shape index (κ1) is 19.0. The normalized spacial score (nSPS) is 11.7. The van der Waals surface area contributed by atoms with Crippen molar-refractivity contribution in [1.29, 1.82) is 0 Å². The number of aliphatic hydroxyl groups excluding tert-OH is 1. The van der Waals surface area contributed by atoms with Crippen LogP contribution in [-0.2, 0) is 19.4 Å². The number of ether oxygens (including phenoxy) is 1. The Labute approximate surface area is 164 Å². The third kappa shape index (κ3) is 4.25. The molecule has 0 aliphatic carbocycles. The van der Waals surface area contributed by atoms with E-state index < -0.39 is 11.7 Å². The van der Waals surface area contributed by atoms with Gasteiger partial charge in [-0.2, -0.15) is 13.2 Å². The molecule has 0 aliphatic rings. The standard InChI is InChI=1S/C22H17F3N2O2/c23-22(24,25)17-6-8-18(9-7-17)29-13-21-26-19-10-5-16(11-20(19)27-21)15-3-1-14(12-28)2-4-15/h1-11,28H,12-13H2,(H,26,27). The fraction of sp³-hybridized carbons (Fsp3) is 0.136. The molecule has 0 aliphatic heterocycles. The Hall–Kier alpha value is -3.32. The zero-order valence-electron chi connectivity index (χ0n) is 15.2. The minimum absolute atomic E-state index is 0.000966. The van der Waals surface area contributed by atoms with E-state index in [2.05, 4.69) is 9.97 Å². The summed E-state index contributed by atoms with van der Waals surface area (Å²) < 4.78 is 43.4. The van der Waals surface area contributed by atoms with Crippen LogP contribution in [0.25, 0.3) is 22.2 Å². The first-order valence-electron chi connectivity index (χ1n) is 8.91. The molecule has 0 bridgehead atoms. The van der Waals surface area contributed by atoms with Gasteiger partial charge in [0.15, 0.2) is 0 Å². The molecule has 0 amide bonds. The lowest BCUT2D eigenvalue weighted by molar-refractivity contribution is -0.137. The Morgan fingerprint density at radius 1 is 0.897 bits per heavy atom. The van der Waals surface area contributed by atoms with Gasteiger partial charge in [0.2, 0.25) is 0 Å². The van der Waals surface area contributed by atoms with E-state index in [4.69, 9.17) is 9.84 Å². The Morgan fingerprint density at radius 3 is 2.24 bits per heavy atom. The van der Waals surface area contributed by atoms with Crippen molar-refractivity contribution >= 4 is 11.0 Å². The smallest absolute Gasteiger partial charge is 0.416 e. The number of alkyl halides is 3. The van der Waals surface area contributed by atoms with E-state index in [1.807, 2.05) is 42.5 Å². The third-order valence-corrected chi connectivity index (χ3v) is 4.56. The molecule has 7 heteroatoms. The van der Waals surface area contributed by atoms with Gasteiger partial charge in [0.1, 0.15) is 18.2 Å². The van der Waals surface area contributed by atoms with Gasteiger partial charge in [0.05, 0.1) is 23.2 Å². The second-order valence-electron chi connectivity index (χ2n) is 6.58. The molecule has 2 N–H and O–H groups in total. The van der Waals surface area contributed by atoms with E-state index in [9.17, 15) is 13.2 Å². The summed E-state index contributed by atoms with van der Waals surface area (Å²) in [5.74, 6) is 0.913. The predicted octanol–water partition coefficient (Wildman–Crippen LogP) is 5.32. The summed E-state index contributed by atoms with van der Waals surface area (Å²) in [5.41, 5.74) is 3.73. The van der Waals surface area contributed by atoms with Gasteiger partial charge in [-0.3, -0.25) is 0 Å². The second-order valence-corrected chi connectivity index (χ2v) is 6.58. The number of H-pyrrole nitrogens is 1. The lowest BCUT2D eigenvalue weighted by Crippen LogP contribution is -2.04. The highest BCUT2D eigenvalue weighted by molar-refractivity contribution is 5.82. The molecule has 148 valence electrons. The van der Waals surface area contributed by atoms with E-state index in [-0.39, 0.29) is 13.2 Å². The highest BCUT2D eigenvalue weighted by atomic mass is 19.4. The van der Waals surface area contributed by atoms with Crippen LogP contribution < -0.4 is 4.74 Å². The quantitative estimate of drug-likeness (QED) is 0.478. The molecule has 0 spiro atoms. The van der Waals surface area contributed by atoms with Crippen LogP contribution in [0.1, 0.15) is 17.0 Å². The first-order valence-corrected chi connectivity index (χ1v) is 8.91. The van der Waals surface area contributed by atoms with Gasteiger partial charge in [0.25, 0.3) is 0 Å². The number of aromatic nitrogens is 2. The number of fused-ring (bicyclic) bond motifs is 1. The summed E-state index contributed by atoms with van der Waals surface area (Å²) in [5, 5.41) is 9.15. The predicted molar refractivity (Wildman–Crippen MR) is 103 cm³/mol. The summed E-state index contributed by atoms with van der Waals surface area (Å²) in [7, 11) is 0. The van der Waals surface area contributed by atoms with Gasteiger partial charge in [-0.15, -0.1) is 0 Å². The van der Waals surface area contributed by atoms with E-state index in [1.165, 1.54) is 12.1 Å². The molecule has 29 heavy (non-hydrogen) atoms. The second kappa shape index (κ2) is 7.60. The number of rotatable bonds is 5. The van der Waals surface area contributed by atoms with Crippen LogP contribution in [0.4, 0.5) is 13.2 Å². The van der Waals surface area contributed by atoms with Gasteiger partial charge in [-0.1, -0.05) is 30.3 Å². The number of aromatic amines is 1. The van der Waals surface area contributed by atoms with E-state index >= 15 is 0 Å². The maximum absolute atomic E-state index is 12.6. The molecule has 4 nitrogen and oxygen atoms in total. The molecule has 0 atom stereocenters. The lowest BCUT2D eigenvalue weighted by atomic mass is 10.0. The van der Waals surface area contributed by atoms with Crippen molar-refractivity contribution in [1.82, 2.24) is 9.97 Å². The highest BCUT2D eigenvalue weighted by Gasteiger charge is 2.30. The van der Waals surface area contributed by atoms with Crippen molar-refractivity contribution in [2.24, 2.45) is 0 Å². The Balaban J connectivity index is 1.48. The molecular weight excluding hydrogens is 381 g/mol. The Kier molecular flexibility index (Phi) is 4.98. The number of hydrogen-bond acceptors (Lipinski definition) is 3. The number of hydrogen-bond donors (Lipinski definition) is 2. The summed E-state index contributed by atoms with van der Waals surface area (Å²) >= 11 is 0. The van der Waals surface area contributed by atoms with Crippen LogP contribution in [0.2, 0.25) is 0 Å². The molecule has 1 aromatic heterocycles. The number of halogens is 3. The van der Waals surface area contributed by atoms with Gasteiger partial charge in [-0.25, -0.2) is 4.98 Å². The van der Waals surface area contributed by atoms with Crippen LogP contribution in [0, 0.1) is 0 Å². The number of nitrogens with one attached hydrogen (secondary N) is 1. The van der Waals surface area contributed by atoms with Crippen molar-refractivity contribution in [3.8, 4) is 16.9 Å². The average Bonchev–Trinajstić information content (AvgIpc) is 3.14. The fourth-order valence-corrected chi connectivity index (χ4v) is 3.00. The monoisotopic (exact) mass is 398 g/mol. The molecule has 0 unspecified atom stereocenters. The van der Waals surface area contributed by atoms with Crippen molar-refractivity contribution in [2.75, 3.05) is 0 Å². The van der Waals surface area contributed by atoms with E-state index in [1.54, 1.807) is 0 Å². The lowest BCUT2D eigenvalue weighted by Gasteiger charge is -2.08. The largest absolute Gasteiger partial charge is 0.486 e. The summed E-state index contributed by atoms with van der Waals surface area (Å²) in [6, 6.07) is 18.0. The minimum atomic E-state index is -4.37. The molecule has 4 rings (SSSR count). The number of aliphatic hydroxyl groups is 1. The highest BCUT2D eigenvalue weighted by Crippen LogP contribution is 2.30. The van der Waals surface area contributed by atoms with Crippen LogP contribution >= 0.6 is 0 Å². The average molecular weight is 398 g/mol.